The molecule has 0 amide bonds. The van der Waals surface area contributed by atoms with Crippen molar-refractivity contribution in [2.24, 2.45) is 17.3 Å². The van der Waals surface area contributed by atoms with Gasteiger partial charge < -0.3 is 9.30 Å². The zero-order valence-electron chi connectivity index (χ0n) is 15.9. The zero-order chi connectivity index (χ0) is 18.7. The lowest BCUT2D eigenvalue weighted by Gasteiger charge is -2.58. The number of ether oxygens (including phenoxy) is 1. The van der Waals surface area contributed by atoms with Gasteiger partial charge >= 0.3 is 5.97 Å². The number of carbonyl (C=O) groups is 2. The Morgan fingerprint density at radius 3 is 2.42 bits per heavy atom. The fourth-order valence-electron chi connectivity index (χ4n) is 6.32. The van der Waals surface area contributed by atoms with E-state index in [9.17, 15) is 9.59 Å². The number of nitrogens with zero attached hydrogens (tertiary/aromatic N) is 1. The van der Waals surface area contributed by atoms with Crippen LogP contribution in [0.2, 0.25) is 0 Å². The first-order valence-corrected chi connectivity index (χ1v) is 10.2. The van der Waals surface area contributed by atoms with Crippen LogP contribution in [0.15, 0.2) is 6.07 Å². The van der Waals surface area contributed by atoms with Crippen LogP contribution in [0.5, 0.6) is 0 Å². The first-order chi connectivity index (χ1) is 12.3. The molecule has 0 N–H and O–H groups in total. The quantitative estimate of drug-likeness (QED) is 0.433. The SMILES string of the molecule is CCn1c(C)cc(C(=O)COC(=O)C23C[C@@H]4C[C@@H](CC(Cl)(C4)C2)C3)c1C. The van der Waals surface area contributed by atoms with E-state index in [0.717, 1.165) is 43.6 Å². The molecule has 4 nitrogen and oxygen atoms in total. The molecule has 1 heterocycles. The number of ketones is 1. The van der Waals surface area contributed by atoms with E-state index in [4.69, 9.17) is 16.3 Å². The molecule has 1 aromatic heterocycles. The highest BCUT2D eigenvalue weighted by Crippen LogP contribution is 2.64. The maximum absolute atomic E-state index is 12.9. The van der Waals surface area contributed by atoms with Crippen molar-refractivity contribution >= 4 is 23.4 Å². The number of aromatic nitrogens is 1. The van der Waals surface area contributed by atoms with E-state index in [1.54, 1.807) is 0 Å². The second kappa shape index (κ2) is 6.12. The lowest BCUT2D eigenvalue weighted by atomic mass is 9.49. The monoisotopic (exact) mass is 377 g/mol. The van der Waals surface area contributed by atoms with Crippen LogP contribution in [-0.4, -0.2) is 27.8 Å². The Morgan fingerprint density at radius 1 is 1.23 bits per heavy atom. The molecule has 0 radical (unpaired) electrons. The summed E-state index contributed by atoms with van der Waals surface area (Å²) < 4.78 is 7.67. The highest BCUT2D eigenvalue weighted by molar-refractivity contribution is 6.24. The minimum Gasteiger partial charge on any atom is -0.457 e. The number of esters is 1. The second-order valence-corrected chi connectivity index (χ2v) is 9.72. The van der Waals surface area contributed by atoms with Gasteiger partial charge in [-0.3, -0.25) is 9.59 Å². The fraction of sp³-hybridized carbons (Fsp3) is 0.714. The molecular formula is C21H28ClNO3. The summed E-state index contributed by atoms with van der Waals surface area (Å²) in [6.45, 7) is 6.66. The van der Waals surface area contributed by atoms with Gasteiger partial charge in [0.15, 0.2) is 6.61 Å². The van der Waals surface area contributed by atoms with Crippen molar-refractivity contribution < 1.29 is 14.3 Å². The Kier molecular flexibility index (Phi) is 4.26. The molecule has 0 aromatic carbocycles. The Hall–Kier alpha value is -1.29. The maximum atomic E-state index is 12.9. The molecule has 5 heteroatoms. The van der Waals surface area contributed by atoms with Crippen LogP contribution in [0, 0.1) is 31.1 Å². The van der Waals surface area contributed by atoms with Gasteiger partial charge in [-0.25, -0.2) is 0 Å². The molecule has 4 saturated carbocycles. The second-order valence-electron chi connectivity index (χ2n) is 8.92. The first-order valence-electron chi connectivity index (χ1n) is 9.81. The molecule has 4 atom stereocenters. The van der Waals surface area contributed by atoms with Crippen molar-refractivity contribution in [1.29, 1.82) is 0 Å². The standard InChI is InChI=1S/C21H28ClNO3/c1-4-23-13(2)5-17(14(23)3)18(24)11-26-19(25)20-7-15-6-16(8-20)10-21(22,9-15)12-20/h5,15-16H,4,6-12H2,1-3H3/t15-,16+,20?,21?. The van der Waals surface area contributed by atoms with E-state index >= 15 is 0 Å². The number of rotatable bonds is 5. The van der Waals surface area contributed by atoms with Gasteiger partial charge in [0.2, 0.25) is 5.78 Å². The average Bonchev–Trinajstić information content (AvgIpc) is 2.84. The predicted octanol–water partition coefficient (Wildman–Crippen LogP) is 4.43. The number of aryl methyl sites for hydroxylation is 1. The minimum absolute atomic E-state index is 0.114. The largest absolute Gasteiger partial charge is 0.457 e. The predicted molar refractivity (Wildman–Crippen MR) is 101 cm³/mol. The van der Waals surface area contributed by atoms with Crippen molar-refractivity contribution in [3.63, 3.8) is 0 Å². The molecule has 0 aliphatic heterocycles. The van der Waals surface area contributed by atoms with E-state index in [1.165, 1.54) is 6.42 Å². The van der Waals surface area contributed by atoms with E-state index in [-0.39, 0.29) is 23.2 Å². The van der Waals surface area contributed by atoms with E-state index < -0.39 is 5.41 Å². The molecule has 4 fully saturated rings. The van der Waals surface area contributed by atoms with E-state index in [0.29, 0.717) is 23.8 Å². The highest BCUT2D eigenvalue weighted by atomic mass is 35.5. The molecule has 0 spiro atoms. The summed E-state index contributed by atoms with van der Waals surface area (Å²) in [7, 11) is 0. The summed E-state index contributed by atoms with van der Waals surface area (Å²) in [5.74, 6) is 0.770. The number of carbonyl (C=O) groups excluding carboxylic acids is 2. The van der Waals surface area contributed by atoms with Gasteiger partial charge in [0.1, 0.15) is 0 Å². The van der Waals surface area contributed by atoms with Crippen molar-refractivity contribution in [2.75, 3.05) is 6.61 Å². The highest BCUT2D eigenvalue weighted by Gasteiger charge is 2.60. The average molecular weight is 378 g/mol. The fourth-order valence-corrected chi connectivity index (χ4v) is 7.01. The third-order valence-electron chi connectivity index (χ3n) is 6.95. The number of hydrogen-bond donors (Lipinski definition) is 0. The van der Waals surface area contributed by atoms with Gasteiger partial charge in [-0.2, -0.15) is 0 Å². The number of Topliss-reactive ketones (excluding diaryl/α,β-unsaturated/α-hetero) is 1. The van der Waals surface area contributed by atoms with Crippen LogP contribution in [0.1, 0.15) is 67.2 Å². The van der Waals surface area contributed by atoms with Crippen LogP contribution in [0.25, 0.3) is 0 Å². The third kappa shape index (κ3) is 2.81. The van der Waals surface area contributed by atoms with Crippen LogP contribution in [0.3, 0.4) is 0 Å². The van der Waals surface area contributed by atoms with Gasteiger partial charge in [-0.1, -0.05) is 0 Å². The molecule has 4 aliphatic rings. The molecule has 5 rings (SSSR count). The summed E-state index contributed by atoms with van der Waals surface area (Å²) in [6, 6.07) is 1.90. The van der Waals surface area contributed by atoms with Crippen molar-refractivity contribution in [3.8, 4) is 0 Å². The molecule has 142 valence electrons. The molecule has 26 heavy (non-hydrogen) atoms. The molecular weight excluding hydrogens is 350 g/mol. The van der Waals surface area contributed by atoms with Crippen molar-refractivity contribution in [2.45, 2.75) is 70.7 Å². The van der Waals surface area contributed by atoms with Gasteiger partial charge in [-0.05, 0) is 77.2 Å². The molecule has 0 saturated heterocycles. The first kappa shape index (κ1) is 18.1. The van der Waals surface area contributed by atoms with Crippen LogP contribution >= 0.6 is 11.6 Å². The zero-order valence-corrected chi connectivity index (χ0v) is 16.7. The maximum Gasteiger partial charge on any atom is 0.312 e. The van der Waals surface area contributed by atoms with E-state index in [1.807, 2.05) is 19.9 Å². The summed E-state index contributed by atoms with van der Waals surface area (Å²) in [5.41, 5.74) is 2.22. The number of hydrogen-bond acceptors (Lipinski definition) is 3. The van der Waals surface area contributed by atoms with Gasteiger partial charge in [0.25, 0.3) is 0 Å². The Bertz CT molecular complexity index is 752. The van der Waals surface area contributed by atoms with Crippen LogP contribution in [-0.2, 0) is 16.1 Å². The molecule has 4 aliphatic carbocycles. The van der Waals surface area contributed by atoms with Crippen LogP contribution in [0.4, 0.5) is 0 Å². The van der Waals surface area contributed by atoms with Crippen molar-refractivity contribution in [3.05, 3.63) is 23.0 Å². The van der Waals surface area contributed by atoms with Gasteiger partial charge in [0.05, 0.1) is 5.41 Å². The Balaban J connectivity index is 1.45. The normalized spacial score (nSPS) is 34.9. The molecule has 4 bridgehead atoms. The summed E-state index contributed by atoms with van der Waals surface area (Å²) >= 11 is 6.80. The summed E-state index contributed by atoms with van der Waals surface area (Å²) in [6.07, 6.45) is 5.74. The number of halogens is 1. The molecule has 1 aromatic rings. The van der Waals surface area contributed by atoms with Gasteiger partial charge in [0, 0.05) is 28.4 Å². The molecule has 2 unspecified atom stereocenters. The topological polar surface area (TPSA) is 48.3 Å². The Labute approximate surface area is 160 Å². The van der Waals surface area contributed by atoms with Gasteiger partial charge in [-0.15, -0.1) is 11.6 Å². The lowest BCUT2D eigenvalue weighted by molar-refractivity contribution is -0.168. The lowest BCUT2D eigenvalue weighted by Crippen LogP contribution is -2.56. The van der Waals surface area contributed by atoms with E-state index in [2.05, 4.69) is 11.5 Å². The number of alkyl halides is 1. The minimum atomic E-state index is -0.452. The smallest absolute Gasteiger partial charge is 0.312 e. The Morgan fingerprint density at radius 2 is 1.88 bits per heavy atom. The summed E-state index contributed by atoms with van der Waals surface area (Å²) in [4.78, 5) is 25.4. The van der Waals surface area contributed by atoms with Crippen molar-refractivity contribution in [1.82, 2.24) is 4.57 Å². The van der Waals surface area contributed by atoms with Crippen LogP contribution < -0.4 is 0 Å². The third-order valence-corrected chi connectivity index (χ3v) is 7.39. The summed E-state index contributed by atoms with van der Waals surface area (Å²) in [5, 5.41) is 0.